The van der Waals surface area contributed by atoms with Crippen LogP contribution >= 0.6 is 0 Å². The van der Waals surface area contributed by atoms with Crippen LogP contribution in [0.2, 0.25) is 0 Å². The minimum Gasteiger partial charge on any atom is -0.478 e. The number of hydrazone groups is 2. The summed E-state index contributed by atoms with van der Waals surface area (Å²) in [5, 5.41) is 37.3. The van der Waals surface area contributed by atoms with E-state index in [1.165, 1.54) is 50.2 Å². The number of anilines is 6. The lowest BCUT2D eigenvalue weighted by molar-refractivity contribution is -0.116. The molecule has 8 N–H and O–H groups in total. The fourth-order valence-electron chi connectivity index (χ4n) is 5.34. The number of aromatic carboxylic acids is 2. The van der Waals surface area contributed by atoms with Crippen molar-refractivity contribution in [2.75, 3.05) is 32.1 Å². The summed E-state index contributed by atoms with van der Waals surface area (Å²) >= 11 is 0. The van der Waals surface area contributed by atoms with E-state index in [0.717, 1.165) is 25.0 Å². The minimum absolute atomic E-state index is 0.0294. The first-order chi connectivity index (χ1) is 27.3. The molecule has 0 unspecified atom stereocenters. The summed E-state index contributed by atoms with van der Waals surface area (Å²) in [4.78, 5) is 97.5. The number of carbonyl (C=O) groups excluding carboxylic acids is 6. The molecule has 0 aliphatic carbocycles. The zero-order valence-corrected chi connectivity index (χ0v) is 32.0. The molecule has 0 atom stereocenters. The fourth-order valence-corrected chi connectivity index (χ4v) is 5.34. The normalized spacial score (nSPS) is 11.1. The van der Waals surface area contributed by atoms with E-state index in [0.29, 0.717) is 22.5 Å². The molecule has 0 radical (unpaired) electrons. The van der Waals surface area contributed by atoms with Crippen LogP contribution in [-0.4, -0.2) is 68.8 Å². The molecule has 298 valence electrons. The number of aryl methyl sites for hydroxylation is 2. The molecule has 4 rings (SSSR count). The molecule has 0 fully saturated rings. The van der Waals surface area contributed by atoms with E-state index >= 15 is 0 Å². The van der Waals surface area contributed by atoms with Crippen molar-refractivity contribution >= 4 is 92.7 Å². The van der Waals surface area contributed by atoms with Crippen LogP contribution in [0.3, 0.4) is 0 Å². The smallest absolute Gasteiger partial charge is 0.337 e. The standard InChI is InChI=1S/C40H38N8O10/c1-19-15-25(7-11-31(19)43-37(53)35(21(3)49)47-45-33-13-9-27(41-23(5)51)17-29(33)39(55)56)26-8-12-32(20(2)16-26)44-38(54)36(22(4)50)48-46-34-14-10-28(42-24(6)52)18-30(34)40(57)58/h7-18,45-46H,1-6H3,(H,41,51)(H,42,52)(H,43,53)(H,44,54)(H,55,56)(H,57,58). The zero-order chi connectivity index (χ0) is 42.8. The Labute approximate surface area is 330 Å². The molecular formula is C40H38N8O10. The van der Waals surface area contributed by atoms with Gasteiger partial charge < -0.3 is 31.5 Å². The maximum Gasteiger partial charge on any atom is 0.337 e. The molecular weight excluding hydrogens is 752 g/mol. The Kier molecular flexibility index (Phi) is 13.7. The Morgan fingerprint density at radius 2 is 0.810 bits per heavy atom. The Bertz CT molecular complexity index is 2290. The minimum atomic E-state index is -1.34. The van der Waals surface area contributed by atoms with Crippen LogP contribution in [0, 0.1) is 13.8 Å². The van der Waals surface area contributed by atoms with Gasteiger partial charge >= 0.3 is 11.9 Å². The molecule has 0 spiro atoms. The van der Waals surface area contributed by atoms with E-state index in [4.69, 9.17) is 0 Å². The summed E-state index contributed by atoms with van der Waals surface area (Å²) in [6, 6.07) is 18.1. The van der Waals surface area contributed by atoms with Crippen molar-refractivity contribution in [3.63, 3.8) is 0 Å². The Hall–Kier alpha value is -8.02. The largest absolute Gasteiger partial charge is 0.478 e. The van der Waals surface area contributed by atoms with E-state index in [1.807, 2.05) is 0 Å². The van der Waals surface area contributed by atoms with Crippen molar-refractivity contribution in [1.29, 1.82) is 0 Å². The number of hydrogen-bond acceptors (Lipinski definition) is 12. The van der Waals surface area contributed by atoms with E-state index in [2.05, 4.69) is 42.3 Å². The number of amides is 4. The van der Waals surface area contributed by atoms with Gasteiger partial charge in [-0.15, -0.1) is 0 Å². The van der Waals surface area contributed by atoms with Crippen LogP contribution in [-0.2, 0) is 28.8 Å². The number of carboxylic acid groups (broad SMARTS) is 2. The van der Waals surface area contributed by atoms with Crippen molar-refractivity contribution in [1.82, 2.24) is 0 Å². The van der Waals surface area contributed by atoms with E-state index < -0.39 is 58.6 Å². The first-order valence-corrected chi connectivity index (χ1v) is 17.2. The molecule has 0 bridgehead atoms. The maximum atomic E-state index is 13.2. The predicted octanol–water partition coefficient (Wildman–Crippen LogP) is 5.27. The quantitative estimate of drug-likeness (QED) is 0.0434. The molecule has 4 aromatic rings. The number of nitrogens with zero attached hydrogens (tertiary/aromatic N) is 2. The van der Waals surface area contributed by atoms with Crippen molar-refractivity contribution in [2.24, 2.45) is 10.2 Å². The fraction of sp³-hybridized carbons (Fsp3) is 0.150. The predicted molar refractivity (Wildman–Crippen MR) is 217 cm³/mol. The Morgan fingerprint density at radius 3 is 1.10 bits per heavy atom. The number of ketones is 2. The van der Waals surface area contributed by atoms with Crippen LogP contribution in [0.15, 0.2) is 83.0 Å². The van der Waals surface area contributed by atoms with Crippen molar-refractivity contribution in [2.45, 2.75) is 41.5 Å². The van der Waals surface area contributed by atoms with Gasteiger partial charge in [-0.05, 0) is 96.8 Å². The summed E-state index contributed by atoms with van der Waals surface area (Å²) in [5.41, 5.74) is 7.13. The Morgan fingerprint density at radius 1 is 0.466 bits per heavy atom. The molecule has 18 heteroatoms. The number of Topliss-reactive ketones (excluding diaryl/α,β-unsaturated/α-hetero) is 2. The number of carboxylic acids is 2. The van der Waals surface area contributed by atoms with Crippen LogP contribution in [0.5, 0.6) is 0 Å². The molecule has 0 aromatic heterocycles. The number of benzene rings is 4. The van der Waals surface area contributed by atoms with Crippen LogP contribution < -0.4 is 32.1 Å². The molecule has 4 aromatic carbocycles. The van der Waals surface area contributed by atoms with E-state index in [-0.39, 0.29) is 33.9 Å². The zero-order valence-electron chi connectivity index (χ0n) is 32.0. The third-order valence-electron chi connectivity index (χ3n) is 8.10. The summed E-state index contributed by atoms with van der Waals surface area (Å²) in [5.74, 6) is -6.60. The molecule has 0 aliphatic heterocycles. The summed E-state index contributed by atoms with van der Waals surface area (Å²) in [6.45, 7) is 8.24. The molecule has 0 saturated heterocycles. The maximum absolute atomic E-state index is 13.2. The average Bonchev–Trinajstić information content (AvgIpc) is 3.13. The molecule has 0 heterocycles. The summed E-state index contributed by atoms with van der Waals surface area (Å²) in [7, 11) is 0. The molecule has 0 saturated carbocycles. The molecule has 58 heavy (non-hydrogen) atoms. The van der Waals surface area contributed by atoms with E-state index in [1.54, 1.807) is 50.2 Å². The van der Waals surface area contributed by atoms with Crippen LogP contribution in [0.1, 0.15) is 59.5 Å². The van der Waals surface area contributed by atoms with Crippen molar-refractivity contribution in [3.05, 3.63) is 95.1 Å². The third kappa shape index (κ3) is 11.0. The second-order valence-electron chi connectivity index (χ2n) is 12.7. The lowest BCUT2D eigenvalue weighted by Crippen LogP contribution is -2.30. The number of hydrogen-bond donors (Lipinski definition) is 8. The summed E-state index contributed by atoms with van der Waals surface area (Å²) < 4.78 is 0. The van der Waals surface area contributed by atoms with Gasteiger partial charge in [-0.2, -0.15) is 10.2 Å². The van der Waals surface area contributed by atoms with Gasteiger partial charge in [-0.25, -0.2) is 9.59 Å². The highest BCUT2D eigenvalue weighted by atomic mass is 16.4. The molecule has 18 nitrogen and oxygen atoms in total. The second kappa shape index (κ2) is 18.5. The van der Waals surface area contributed by atoms with Crippen molar-refractivity contribution < 1.29 is 48.6 Å². The molecule has 0 aliphatic rings. The molecule has 4 amide bonds. The Balaban J connectivity index is 1.48. The average molecular weight is 791 g/mol. The van der Waals surface area contributed by atoms with Crippen LogP contribution in [0.25, 0.3) is 11.1 Å². The number of nitrogens with one attached hydrogen (secondary N) is 6. The summed E-state index contributed by atoms with van der Waals surface area (Å²) in [6.07, 6.45) is 0. The highest BCUT2D eigenvalue weighted by molar-refractivity contribution is 6.67. The van der Waals surface area contributed by atoms with Gasteiger partial charge in [-0.1, -0.05) is 12.1 Å². The van der Waals surface area contributed by atoms with Gasteiger partial charge in [0.05, 0.1) is 22.5 Å². The van der Waals surface area contributed by atoms with Gasteiger partial charge in [0.1, 0.15) is 0 Å². The number of rotatable bonds is 15. The third-order valence-corrected chi connectivity index (χ3v) is 8.10. The van der Waals surface area contributed by atoms with E-state index in [9.17, 15) is 48.6 Å². The second-order valence-corrected chi connectivity index (χ2v) is 12.7. The van der Waals surface area contributed by atoms with Gasteiger partial charge in [0.25, 0.3) is 11.8 Å². The lowest BCUT2D eigenvalue weighted by Gasteiger charge is -2.14. The lowest BCUT2D eigenvalue weighted by atomic mass is 9.99. The monoisotopic (exact) mass is 790 g/mol. The SMILES string of the molecule is CC(=O)Nc1ccc(NN=C(C(C)=O)C(=O)Nc2ccc(-c3ccc(NC(=O)C(=NNc4ccc(NC(C)=O)cc4C(=O)O)C(C)=O)c(C)c3)cc2C)c(C(=O)O)c1. The highest BCUT2D eigenvalue weighted by Gasteiger charge is 2.21. The van der Waals surface area contributed by atoms with Crippen molar-refractivity contribution in [3.8, 4) is 11.1 Å². The highest BCUT2D eigenvalue weighted by Crippen LogP contribution is 2.29. The first kappa shape index (κ1) is 42.7. The van der Waals surface area contributed by atoms with Gasteiger partial charge in [0.2, 0.25) is 11.8 Å². The van der Waals surface area contributed by atoms with Gasteiger partial charge in [0, 0.05) is 50.4 Å². The van der Waals surface area contributed by atoms with Gasteiger partial charge in [-0.3, -0.25) is 39.6 Å². The first-order valence-electron chi connectivity index (χ1n) is 17.2. The topological polar surface area (TPSA) is 274 Å². The van der Waals surface area contributed by atoms with Crippen LogP contribution in [0.4, 0.5) is 34.1 Å². The number of carbonyl (C=O) groups is 8. The van der Waals surface area contributed by atoms with Gasteiger partial charge in [0.15, 0.2) is 23.0 Å².